The van der Waals surface area contributed by atoms with Crippen molar-refractivity contribution in [2.45, 2.75) is 30.0 Å². The number of nitriles is 1. The summed E-state index contributed by atoms with van der Waals surface area (Å²) in [6.07, 6.45) is -4.33. The highest BCUT2D eigenvalue weighted by Gasteiger charge is 2.44. The van der Waals surface area contributed by atoms with Gasteiger partial charge in [-0.1, -0.05) is 18.2 Å². The zero-order valence-corrected chi connectivity index (χ0v) is 15.8. The van der Waals surface area contributed by atoms with Gasteiger partial charge in [0.1, 0.15) is 6.04 Å². The van der Waals surface area contributed by atoms with Crippen molar-refractivity contribution in [1.29, 1.82) is 5.26 Å². The number of benzene rings is 2. The second kappa shape index (κ2) is 7.85. The Morgan fingerprint density at radius 3 is 2.59 bits per heavy atom. The second-order valence-corrected chi connectivity index (χ2v) is 8.31. The van der Waals surface area contributed by atoms with E-state index in [1.807, 2.05) is 6.07 Å². The lowest BCUT2D eigenvalue weighted by Crippen LogP contribution is -2.43. The van der Waals surface area contributed by atoms with Crippen LogP contribution in [0.25, 0.3) is 0 Å². The van der Waals surface area contributed by atoms with Crippen molar-refractivity contribution in [2.75, 3.05) is 11.9 Å². The first-order chi connectivity index (χ1) is 13.6. The first-order valence-corrected chi connectivity index (χ1v) is 10.1. The Morgan fingerprint density at radius 1 is 1.17 bits per heavy atom. The van der Waals surface area contributed by atoms with E-state index >= 15 is 0 Å². The number of carbonyl (C=O) groups excluding carboxylic acids is 1. The van der Waals surface area contributed by atoms with E-state index in [4.69, 9.17) is 5.26 Å². The standard InChI is InChI=1S/C19H16F3N3O3S/c20-19(21,22)15-7-1-2-9-17(15)29(27,28)25-10-4-8-16(25)18(26)24-14-6-3-5-13(11-14)12-23/h1-3,5-7,9,11,16H,4,8,10H2,(H,24,26). The highest BCUT2D eigenvalue weighted by Crippen LogP contribution is 2.37. The van der Waals surface area contributed by atoms with Crippen LogP contribution in [-0.4, -0.2) is 31.2 Å². The normalized spacial score (nSPS) is 17.7. The van der Waals surface area contributed by atoms with Gasteiger partial charge in [-0.25, -0.2) is 8.42 Å². The number of hydrogen-bond donors (Lipinski definition) is 1. The summed E-state index contributed by atoms with van der Waals surface area (Å²) in [7, 11) is -4.55. The van der Waals surface area contributed by atoms with Crippen molar-refractivity contribution < 1.29 is 26.4 Å². The Hall–Kier alpha value is -2.90. The number of nitrogens with zero attached hydrogens (tertiary/aromatic N) is 2. The fourth-order valence-electron chi connectivity index (χ4n) is 3.23. The van der Waals surface area contributed by atoms with E-state index in [0.717, 1.165) is 16.4 Å². The van der Waals surface area contributed by atoms with E-state index in [1.54, 1.807) is 6.07 Å². The van der Waals surface area contributed by atoms with Gasteiger partial charge >= 0.3 is 6.18 Å². The zero-order valence-electron chi connectivity index (χ0n) is 15.0. The summed E-state index contributed by atoms with van der Waals surface area (Å²) in [5.41, 5.74) is -0.667. The summed E-state index contributed by atoms with van der Waals surface area (Å²) in [5, 5.41) is 11.5. The summed E-state index contributed by atoms with van der Waals surface area (Å²) >= 11 is 0. The smallest absolute Gasteiger partial charge is 0.325 e. The Kier molecular flexibility index (Phi) is 5.64. The molecule has 2 aromatic carbocycles. The number of nitrogens with one attached hydrogen (secondary N) is 1. The van der Waals surface area contributed by atoms with Gasteiger partial charge in [0.15, 0.2) is 0 Å². The summed E-state index contributed by atoms with van der Waals surface area (Å²) in [6.45, 7) is -0.0646. The van der Waals surface area contributed by atoms with Crippen LogP contribution in [0.2, 0.25) is 0 Å². The maximum atomic E-state index is 13.3. The maximum absolute atomic E-state index is 13.3. The van der Waals surface area contributed by atoms with E-state index < -0.39 is 38.6 Å². The van der Waals surface area contributed by atoms with Crippen LogP contribution in [0.4, 0.5) is 18.9 Å². The average Bonchev–Trinajstić information content (AvgIpc) is 3.18. The molecular weight excluding hydrogens is 407 g/mol. The number of amides is 1. The van der Waals surface area contributed by atoms with Crippen molar-refractivity contribution in [3.05, 3.63) is 59.7 Å². The summed E-state index contributed by atoms with van der Waals surface area (Å²) < 4.78 is 66.6. The van der Waals surface area contributed by atoms with E-state index in [-0.39, 0.29) is 13.0 Å². The van der Waals surface area contributed by atoms with E-state index in [0.29, 0.717) is 23.7 Å². The fraction of sp³-hybridized carbons (Fsp3) is 0.263. The van der Waals surface area contributed by atoms with Gasteiger partial charge in [0.25, 0.3) is 0 Å². The molecule has 0 aliphatic carbocycles. The molecule has 3 rings (SSSR count). The number of anilines is 1. The van der Waals surface area contributed by atoms with Crippen LogP contribution in [0.15, 0.2) is 53.4 Å². The molecule has 152 valence electrons. The van der Waals surface area contributed by atoms with Crippen LogP contribution in [-0.2, 0) is 21.0 Å². The van der Waals surface area contributed by atoms with Crippen molar-refractivity contribution in [1.82, 2.24) is 4.31 Å². The molecule has 1 heterocycles. The van der Waals surface area contributed by atoms with Crippen molar-refractivity contribution in [3.63, 3.8) is 0 Å². The van der Waals surface area contributed by atoms with E-state index in [9.17, 15) is 26.4 Å². The molecule has 0 radical (unpaired) electrons. The molecule has 1 fully saturated rings. The van der Waals surface area contributed by atoms with E-state index in [1.165, 1.54) is 24.3 Å². The number of sulfonamides is 1. The first kappa shape index (κ1) is 20.8. The van der Waals surface area contributed by atoms with Crippen molar-refractivity contribution in [2.24, 2.45) is 0 Å². The lowest BCUT2D eigenvalue weighted by Gasteiger charge is -2.25. The van der Waals surface area contributed by atoms with Gasteiger partial charge in [0, 0.05) is 12.2 Å². The molecule has 1 saturated heterocycles. The predicted molar refractivity (Wildman–Crippen MR) is 98.1 cm³/mol. The minimum atomic E-state index is -4.85. The Balaban J connectivity index is 1.90. The lowest BCUT2D eigenvalue weighted by molar-refractivity contribution is -0.139. The zero-order chi connectivity index (χ0) is 21.2. The van der Waals surface area contributed by atoms with Crippen LogP contribution in [0.3, 0.4) is 0 Å². The minimum absolute atomic E-state index is 0.0646. The summed E-state index contributed by atoms with van der Waals surface area (Å²) in [6, 6.07) is 10.7. The van der Waals surface area contributed by atoms with Crippen LogP contribution in [0, 0.1) is 11.3 Å². The molecule has 0 spiro atoms. The quantitative estimate of drug-likeness (QED) is 0.817. The topological polar surface area (TPSA) is 90.3 Å². The maximum Gasteiger partial charge on any atom is 0.417 e. The third-order valence-corrected chi connectivity index (χ3v) is 6.51. The van der Waals surface area contributed by atoms with Gasteiger partial charge in [-0.2, -0.15) is 22.7 Å². The first-order valence-electron chi connectivity index (χ1n) is 8.63. The molecule has 1 atom stereocenters. The molecule has 0 aromatic heterocycles. The third kappa shape index (κ3) is 4.26. The molecule has 6 nitrogen and oxygen atoms in total. The molecule has 1 amide bonds. The van der Waals surface area contributed by atoms with Gasteiger partial charge in [0.2, 0.25) is 15.9 Å². The van der Waals surface area contributed by atoms with Crippen LogP contribution in [0.1, 0.15) is 24.0 Å². The Morgan fingerprint density at radius 2 is 1.90 bits per heavy atom. The predicted octanol–water partition coefficient (Wildman–Crippen LogP) is 3.37. The van der Waals surface area contributed by atoms with Crippen LogP contribution in [0.5, 0.6) is 0 Å². The van der Waals surface area contributed by atoms with Gasteiger partial charge < -0.3 is 5.32 Å². The molecule has 10 heteroatoms. The molecule has 1 aliphatic heterocycles. The van der Waals surface area contributed by atoms with Crippen LogP contribution < -0.4 is 5.32 Å². The van der Waals surface area contributed by atoms with Crippen LogP contribution >= 0.6 is 0 Å². The molecule has 1 N–H and O–H groups in total. The lowest BCUT2D eigenvalue weighted by atomic mass is 10.2. The minimum Gasteiger partial charge on any atom is -0.325 e. The van der Waals surface area contributed by atoms with Gasteiger partial charge in [-0.15, -0.1) is 0 Å². The van der Waals surface area contributed by atoms with Crippen molar-refractivity contribution in [3.8, 4) is 6.07 Å². The Labute approximate surface area is 165 Å². The molecule has 1 aliphatic rings. The Bertz CT molecular complexity index is 1080. The highest BCUT2D eigenvalue weighted by atomic mass is 32.2. The number of hydrogen-bond acceptors (Lipinski definition) is 4. The third-order valence-electron chi connectivity index (χ3n) is 4.54. The number of rotatable bonds is 4. The molecular formula is C19H16F3N3O3S. The van der Waals surface area contributed by atoms with Gasteiger partial charge in [-0.05, 0) is 43.2 Å². The molecule has 0 saturated carbocycles. The molecule has 29 heavy (non-hydrogen) atoms. The molecule has 1 unspecified atom stereocenters. The monoisotopic (exact) mass is 423 g/mol. The van der Waals surface area contributed by atoms with Gasteiger partial charge in [-0.3, -0.25) is 4.79 Å². The summed E-state index contributed by atoms with van der Waals surface area (Å²) in [4.78, 5) is 11.8. The number of alkyl halides is 3. The number of halogens is 3. The second-order valence-electron chi connectivity index (χ2n) is 6.45. The molecule has 2 aromatic rings. The van der Waals surface area contributed by atoms with E-state index in [2.05, 4.69) is 5.32 Å². The largest absolute Gasteiger partial charge is 0.417 e. The fourth-order valence-corrected chi connectivity index (χ4v) is 5.10. The molecule has 0 bridgehead atoms. The number of carbonyl (C=O) groups is 1. The summed E-state index contributed by atoms with van der Waals surface area (Å²) in [5.74, 6) is -0.661. The van der Waals surface area contributed by atoms with Crippen molar-refractivity contribution >= 4 is 21.6 Å². The highest BCUT2D eigenvalue weighted by molar-refractivity contribution is 7.89. The van der Waals surface area contributed by atoms with Gasteiger partial charge in [0.05, 0.1) is 22.1 Å². The average molecular weight is 423 g/mol. The SMILES string of the molecule is N#Cc1cccc(NC(=O)C2CCCN2S(=O)(=O)c2ccccc2C(F)(F)F)c1.